The Morgan fingerprint density at radius 3 is 2.56 bits per heavy atom. The zero-order chi connectivity index (χ0) is 12.0. The second-order valence-corrected chi connectivity index (χ2v) is 7.37. The van der Waals surface area contributed by atoms with Crippen molar-refractivity contribution >= 4 is 9.84 Å². The summed E-state index contributed by atoms with van der Waals surface area (Å²) in [5.74, 6) is 1.32. The van der Waals surface area contributed by atoms with Crippen LogP contribution < -0.4 is 0 Å². The summed E-state index contributed by atoms with van der Waals surface area (Å²) >= 11 is 0. The maximum absolute atomic E-state index is 11.2. The van der Waals surface area contributed by atoms with Crippen LogP contribution in [0, 0.1) is 5.92 Å². The molecule has 1 saturated heterocycles. The van der Waals surface area contributed by atoms with Gasteiger partial charge in [0.25, 0.3) is 0 Å². The molecule has 0 aromatic carbocycles. The van der Waals surface area contributed by atoms with Crippen LogP contribution in [-0.2, 0) is 14.6 Å². The van der Waals surface area contributed by atoms with Crippen LogP contribution in [0.2, 0.25) is 0 Å². The molecule has 0 saturated carbocycles. The molecule has 4 heteroatoms. The van der Waals surface area contributed by atoms with Crippen LogP contribution in [0.4, 0.5) is 0 Å². The van der Waals surface area contributed by atoms with Crippen LogP contribution in [-0.4, -0.2) is 32.6 Å². The lowest BCUT2D eigenvalue weighted by Gasteiger charge is -2.09. The Bertz CT molecular complexity index is 283. The summed E-state index contributed by atoms with van der Waals surface area (Å²) in [6.45, 7) is 5.19. The third-order valence-corrected chi connectivity index (χ3v) is 4.71. The first-order valence-corrected chi connectivity index (χ1v) is 8.14. The van der Waals surface area contributed by atoms with Gasteiger partial charge >= 0.3 is 0 Å². The number of rotatable bonds is 7. The van der Waals surface area contributed by atoms with E-state index < -0.39 is 9.84 Å². The molecule has 1 atom stereocenters. The topological polar surface area (TPSA) is 43.4 Å². The summed E-state index contributed by atoms with van der Waals surface area (Å²) in [5, 5.41) is 0. The van der Waals surface area contributed by atoms with Gasteiger partial charge in [0.05, 0.1) is 17.6 Å². The van der Waals surface area contributed by atoms with E-state index in [2.05, 4.69) is 13.8 Å². The molecule has 0 bridgehead atoms. The predicted molar refractivity (Wildman–Crippen MR) is 66.3 cm³/mol. The predicted octanol–water partition coefficient (Wildman–Crippen LogP) is 2.41. The first kappa shape index (κ1) is 14.0. The monoisotopic (exact) mass is 248 g/mol. The highest BCUT2D eigenvalue weighted by molar-refractivity contribution is 7.91. The molecule has 1 fully saturated rings. The van der Waals surface area contributed by atoms with Crippen LogP contribution >= 0.6 is 0 Å². The van der Waals surface area contributed by atoms with Crippen molar-refractivity contribution < 1.29 is 13.2 Å². The van der Waals surface area contributed by atoms with E-state index in [0.717, 1.165) is 18.9 Å². The zero-order valence-corrected chi connectivity index (χ0v) is 11.3. The van der Waals surface area contributed by atoms with Gasteiger partial charge in [-0.2, -0.15) is 0 Å². The molecule has 1 aliphatic heterocycles. The summed E-state index contributed by atoms with van der Waals surface area (Å²) in [5.41, 5.74) is 0. The van der Waals surface area contributed by atoms with Gasteiger partial charge in [-0.1, -0.05) is 33.1 Å². The van der Waals surface area contributed by atoms with Crippen LogP contribution in [0.5, 0.6) is 0 Å². The van der Waals surface area contributed by atoms with Gasteiger partial charge in [0, 0.05) is 6.61 Å². The highest BCUT2D eigenvalue weighted by Crippen LogP contribution is 2.15. The molecular formula is C12H24O3S. The summed E-state index contributed by atoms with van der Waals surface area (Å²) < 4.78 is 27.9. The average Bonchev–Trinajstić information content (AvgIpc) is 2.51. The van der Waals surface area contributed by atoms with Gasteiger partial charge in [-0.05, 0) is 18.8 Å². The molecule has 1 heterocycles. The van der Waals surface area contributed by atoms with Crippen molar-refractivity contribution in [1.29, 1.82) is 0 Å². The smallest absolute Gasteiger partial charge is 0.152 e. The number of ether oxygens (including phenoxy) is 1. The van der Waals surface area contributed by atoms with E-state index in [1.165, 1.54) is 19.3 Å². The molecule has 0 amide bonds. The quantitative estimate of drug-likeness (QED) is 0.650. The van der Waals surface area contributed by atoms with Gasteiger partial charge in [-0.3, -0.25) is 0 Å². The van der Waals surface area contributed by atoms with E-state index in [1.54, 1.807) is 0 Å². The van der Waals surface area contributed by atoms with E-state index in [1.807, 2.05) is 0 Å². The summed E-state index contributed by atoms with van der Waals surface area (Å²) in [6, 6.07) is 0. The van der Waals surface area contributed by atoms with Crippen LogP contribution in [0.3, 0.4) is 0 Å². The third kappa shape index (κ3) is 5.85. The van der Waals surface area contributed by atoms with Gasteiger partial charge in [0.2, 0.25) is 0 Å². The maximum Gasteiger partial charge on any atom is 0.152 e. The highest BCUT2D eigenvalue weighted by Gasteiger charge is 2.28. The molecule has 3 nitrogen and oxygen atoms in total. The SMILES string of the molecule is CC(C)CCCCCOC1CCS(=O)(=O)C1. The van der Waals surface area contributed by atoms with E-state index >= 15 is 0 Å². The van der Waals surface area contributed by atoms with Crippen molar-refractivity contribution in [2.45, 2.75) is 52.1 Å². The van der Waals surface area contributed by atoms with E-state index in [4.69, 9.17) is 4.74 Å². The lowest BCUT2D eigenvalue weighted by molar-refractivity contribution is 0.0679. The van der Waals surface area contributed by atoms with E-state index in [0.29, 0.717) is 12.2 Å². The van der Waals surface area contributed by atoms with Crippen LogP contribution in [0.15, 0.2) is 0 Å². The summed E-state index contributed by atoms with van der Waals surface area (Å²) in [7, 11) is -2.78. The molecule has 0 aromatic rings. The summed E-state index contributed by atoms with van der Waals surface area (Å²) in [4.78, 5) is 0. The molecule has 1 aliphatic rings. The molecule has 1 unspecified atom stereocenters. The highest BCUT2D eigenvalue weighted by atomic mass is 32.2. The average molecular weight is 248 g/mol. The number of hydrogen-bond donors (Lipinski definition) is 0. The van der Waals surface area contributed by atoms with E-state index in [9.17, 15) is 8.42 Å². The fourth-order valence-electron chi connectivity index (χ4n) is 1.97. The van der Waals surface area contributed by atoms with E-state index in [-0.39, 0.29) is 11.9 Å². The molecular weight excluding hydrogens is 224 g/mol. The minimum absolute atomic E-state index is 0.0323. The largest absolute Gasteiger partial charge is 0.377 e. The maximum atomic E-state index is 11.2. The van der Waals surface area contributed by atoms with Gasteiger partial charge < -0.3 is 4.74 Å². The lowest BCUT2D eigenvalue weighted by Crippen LogP contribution is -2.15. The molecule has 0 radical (unpaired) electrons. The Kier molecular flexibility index (Phi) is 5.76. The van der Waals surface area contributed by atoms with Gasteiger partial charge in [0.1, 0.15) is 0 Å². The van der Waals surface area contributed by atoms with Crippen molar-refractivity contribution in [1.82, 2.24) is 0 Å². The molecule has 16 heavy (non-hydrogen) atoms. The fraction of sp³-hybridized carbons (Fsp3) is 1.00. The minimum atomic E-state index is -2.78. The third-order valence-electron chi connectivity index (χ3n) is 2.97. The van der Waals surface area contributed by atoms with Crippen molar-refractivity contribution in [3.8, 4) is 0 Å². The Morgan fingerprint density at radius 1 is 1.25 bits per heavy atom. The molecule has 0 spiro atoms. The second kappa shape index (κ2) is 6.60. The Balaban J connectivity index is 1.96. The van der Waals surface area contributed by atoms with Gasteiger partial charge in [-0.25, -0.2) is 8.42 Å². The molecule has 1 rings (SSSR count). The number of sulfone groups is 1. The second-order valence-electron chi connectivity index (χ2n) is 5.14. The number of hydrogen-bond acceptors (Lipinski definition) is 3. The standard InChI is InChI=1S/C12H24O3S/c1-11(2)6-4-3-5-8-15-12-7-9-16(13,14)10-12/h11-12H,3-10H2,1-2H3. The molecule has 0 N–H and O–H groups in total. The Morgan fingerprint density at radius 2 is 2.00 bits per heavy atom. The van der Waals surface area contributed by atoms with Crippen LogP contribution in [0.1, 0.15) is 46.0 Å². The van der Waals surface area contributed by atoms with Gasteiger partial charge in [0.15, 0.2) is 9.84 Å². The van der Waals surface area contributed by atoms with Crippen molar-refractivity contribution in [3.05, 3.63) is 0 Å². The van der Waals surface area contributed by atoms with Gasteiger partial charge in [-0.15, -0.1) is 0 Å². The Labute approximate surface area is 99.5 Å². The fourth-order valence-corrected chi connectivity index (χ4v) is 3.59. The minimum Gasteiger partial charge on any atom is -0.377 e. The lowest BCUT2D eigenvalue weighted by atomic mass is 10.1. The van der Waals surface area contributed by atoms with Crippen molar-refractivity contribution in [3.63, 3.8) is 0 Å². The molecule has 0 aliphatic carbocycles. The number of unbranched alkanes of at least 4 members (excludes halogenated alkanes) is 2. The zero-order valence-electron chi connectivity index (χ0n) is 10.4. The summed E-state index contributed by atoms with van der Waals surface area (Å²) in [6.07, 6.45) is 5.44. The van der Waals surface area contributed by atoms with Crippen molar-refractivity contribution in [2.75, 3.05) is 18.1 Å². The first-order valence-electron chi connectivity index (χ1n) is 6.31. The normalized spacial score (nSPS) is 24.1. The Hall–Kier alpha value is -0.0900. The first-order chi connectivity index (χ1) is 7.49. The van der Waals surface area contributed by atoms with Crippen molar-refractivity contribution in [2.24, 2.45) is 5.92 Å². The molecule has 96 valence electrons. The van der Waals surface area contributed by atoms with Crippen LogP contribution in [0.25, 0.3) is 0 Å². The molecule has 0 aromatic heterocycles.